The number of alkyl halides is 1. The molecule has 0 atom stereocenters. The van der Waals surface area contributed by atoms with E-state index in [9.17, 15) is 4.39 Å². The number of hydrogen-bond donors (Lipinski definition) is 1. The Labute approximate surface area is 136 Å². The van der Waals surface area contributed by atoms with Crippen LogP contribution in [0.5, 0.6) is 0 Å². The van der Waals surface area contributed by atoms with Gasteiger partial charge in [-0.1, -0.05) is 18.2 Å². The second kappa shape index (κ2) is 6.32. The number of benzene rings is 1. The number of nitrogens with two attached hydrogens (primary N) is 1. The van der Waals surface area contributed by atoms with Crippen LogP contribution in [0.3, 0.4) is 0 Å². The van der Waals surface area contributed by atoms with Crippen LogP contribution in [0.15, 0.2) is 23.7 Å². The van der Waals surface area contributed by atoms with Crippen molar-refractivity contribution in [3.63, 3.8) is 0 Å². The van der Waals surface area contributed by atoms with Crippen molar-refractivity contribution in [3.8, 4) is 0 Å². The summed E-state index contributed by atoms with van der Waals surface area (Å²) in [5.41, 5.74) is 6.93. The molecule has 0 radical (unpaired) electrons. The molecule has 2 N–H and O–H groups in total. The van der Waals surface area contributed by atoms with Crippen molar-refractivity contribution in [2.75, 3.05) is 6.54 Å². The second-order valence-corrected chi connectivity index (χ2v) is 6.76. The minimum Gasteiger partial charge on any atom is -0.400 e. The van der Waals surface area contributed by atoms with E-state index in [2.05, 4.69) is 0 Å². The van der Waals surface area contributed by atoms with Crippen LogP contribution in [-0.2, 0) is 15.2 Å². The quantitative estimate of drug-likeness (QED) is 0.680. The Kier molecular flexibility index (Phi) is 5.02. The van der Waals surface area contributed by atoms with E-state index in [1.54, 1.807) is 6.07 Å². The zero-order valence-electron chi connectivity index (χ0n) is 13.5. The fourth-order valence-corrected chi connectivity index (χ4v) is 2.41. The van der Waals surface area contributed by atoms with E-state index in [1.807, 2.05) is 39.8 Å². The van der Waals surface area contributed by atoms with Crippen molar-refractivity contribution in [3.05, 3.63) is 40.6 Å². The molecule has 0 bridgehead atoms. The molecule has 1 fully saturated rings. The van der Waals surface area contributed by atoms with Gasteiger partial charge in [-0.2, -0.15) is 0 Å². The van der Waals surface area contributed by atoms with Crippen LogP contribution >= 0.6 is 11.6 Å². The molecule has 1 heterocycles. The average molecular weight is 326 g/mol. The molecular weight excluding hydrogens is 303 g/mol. The van der Waals surface area contributed by atoms with Crippen molar-refractivity contribution < 1.29 is 13.7 Å². The molecular formula is C16H22BClFNO2. The highest BCUT2D eigenvalue weighted by Crippen LogP contribution is 2.38. The highest BCUT2D eigenvalue weighted by molar-refractivity contribution is 6.55. The topological polar surface area (TPSA) is 44.5 Å². The number of halogens is 2. The van der Waals surface area contributed by atoms with Crippen LogP contribution in [-0.4, -0.2) is 24.9 Å². The summed E-state index contributed by atoms with van der Waals surface area (Å²) in [4.78, 5) is 0. The lowest BCUT2D eigenvalue weighted by Crippen LogP contribution is -2.41. The maximum atomic E-state index is 13.8. The number of hydrogen-bond acceptors (Lipinski definition) is 3. The van der Waals surface area contributed by atoms with Gasteiger partial charge in [0.1, 0.15) is 5.82 Å². The van der Waals surface area contributed by atoms with Crippen LogP contribution in [0, 0.1) is 5.82 Å². The average Bonchev–Trinajstić information content (AvgIpc) is 2.65. The van der Waals surface area contributed by atoms with E-state index in [1.165, 1.54) is 6.07 Å². The molecule has 1 aromatic carbocycles. The maximum absolute atomic E-state index is 13.8. The molecule has 0 aromatic heterocycles. The van der Waals surface area contributed by atoms with Gasteiger partial charge in [0.15, 0.2) is 0 Å². The lowest BCUT2D eigenvalue weighted by Gasteiger charge is -2.32. The molecule has 0 spiro atoms. The highest BCUT2D eigenvalue weighted by atomic mass is 35.5. The number of rotatable bonds is 4. The van der Waals surface area contributed by atoms with E-state index in [-0.39, 0.29) is 18.2 Å². The van der Waals surface area contributed by atoms with Gasteiger partial charge in [0.2, 0.25) is 0 Å². The van der Waals surface area contributed by atoms with Crippen LogP contribution < -0.4 is 5.73 Å². The third-order valence-electron chi connectivity index (χ3n) is 4.36. The monoisotopic (exact) mass is 325 g/mol. The standard InChI is InChI=1S/C16H22BClFNO2/c1-15(2)16(3,4)22-17(21-15)13(10-20)7-11-5-6-12(9-18)14(19)8-11/h5-8H,9-10,20H2,1-4H3. The van der Waals surface area contributed by atoms with Gasteiger partial charge in [-0.25, -0.2) is 4.39 Å². The largest absolute Gasteiger partial charge is 0.491 e. The Bertz CT molecular complexity index is 574. The molecule has 1 saturated heterocycles. The lowest BCUT2D eigenvalue weighted by atomic mass is 9.77. The molecule has 0 unspecified atom stereocenters. The summed E-state index contributed by atoms with van der Waals surface area (Å²) in [6, 6.07) is 4.92. The van der Waals surface area contributed by atoms with Crippen molar-refractivity contribution in [2.24, 2.45) is 5.73 Å². The SMILES string of the molecule is CC1(C)OB(C(=Cc2ccc(CCl)c(F)c2)CN)OC1(C)C. The van der Waals surface area contributed by atoms with E-state index in [0.29, 0.717) is 11.1 Å². The summed E-state index contributed by atoms with van der Waals surface area (Å²) in [7, 11) is -0.522. The second-order valence-electron chi connectivity index (χ2n) is 6.50. The highest BCUT2D eigenvalue weighted by Gasteiger charge is 2.52. The predicted molar refractivity (Wildman–Crippen MR) is 89.1 cm³/mol. The van der Waals surface area contributed by atoms with Crippen LogP contribution in [0.4, 0.5) is 4.39 Å². The van der Waals surface area contributed by atoms with Crippen molar-refractivity contribution in [2.45, 2.75) is 44.8 Å². The molecule has 0 saturated carbocycles. The van der Waals surface area contributed by atoms with Gasteiger partial charge in [0.05, 0.1) is 17.1 Å². The zero-order valence-corrected chi connectivity index (χ0v) is 14.2. The van der Waals surface area contributed by atoms with Gasteiger partial charge >= 0.3 is 7.12 Å². The van der Waals surface area contributed by atoms with Gasteiger partial charge in [-0.15, -0.1) is 11.6 Å². The predicted octanol–water partition coefficient (Wildman–Crippen LogP) is 3.54. The first kappa shape index (κ1) is 17.5. The molecule has 1 aliphatic heterocycles. The first-order chi connectivity index (χ1) is 10.2. The normalized spacial score (nSPS) is 20.5. The van der Waals surface area contributed by atoms with Crippen molar-refractivity contribution >= 4 is 24.8 Å². The summed E-state index contributed by atoms with van der Waals surface area (Å²) in [5, 5.41) is 0. The smallest absolute Gasteiger partial charge is 0.400 e. The van der Waals surface area contributed by atoms with Crippen LogP contribution in [0.25, 0.3) is 6.08 Å². The maximum Gasteiger partial charge on any atom is 0.491 e. The summed E-state index contributed by atoms with van der Waals surface area (Å²) in [6.45, 7) is 8.20. The first-order valence-electron chi connectivity index (χ1n) is 7.31. The van der Waals surface area contributed by atoms with E-state index < -0.39 is 18.3 Å². The Morgan fingerprint density at radius 1 is 1.27 bits per heavy atom. The zero-order chi connectivity index (χ0) is 16.5. The van der Waals surface area contributed by atoms with Crippen LogP contribution in [0.2, 0.25) is 0 Å². The van der Waals surface area contributed by atoms with Gasteiger partial charge in [-0.3, -0.25) is 0 Å². The molecule has 0 amide bonds. The molecule has 6 heteroatoms. The molecule has 1 aliphatic rings. The summed E-state index contributed by atoms with van der Waals surface area (Å²) < 4.78 is 25.8. The molecule has 120 valence electrons. The summed E-state index contributed by atoms with van der Waals surface area (Å²) in [6.07, 6.45) is 1.81. The third kappa shape index (κ3) is 3.38. The Morgan fingerprint density at radius 3 is 2.32 bits per heavy atom. The fraction of sp³-hybridized carbons (Fsp3) is 0.500. The third-order valence-corrected chi connectivity index (χ3v) is 4.65. The Hall–Kier alpha value is -0.875. The van der Waals surface area contributed by atoms with Gasteiger partial charge in [0.25, 0.3) is 0 Å². The van der Waals surface area contributed by atoms with Crippen molar-refractivity contribution in [1.82, 2.24) is 0 Å². The summed E-state index contributed by atoms with van der Waals surface area (Å²) in [5.74, 6) is -0.175. The molecule has 3 nitrogen and oxygen atoms in total. The first-order valence-corrected chi connectivity index (χ1v) is 7.84. The minimum atomic E-state index is -0.522. The van der Waals surface area contributed by atoms with Crippen LogP contribution in [0.1, 0.15) is 38.8 Å². The van der Waals surface area contributed by atoms with E-state index in [0.717, 1.165) is 5.47 Å². The van der Waals surface area contributed by atoms with E-state index in [4.69, 9.17) is 26.6 Å². The van der Waals surface area contributed by atoms with Gasteiger partial charge in [-0.05, 0) is 44.8 Å². The van der Waals surface area contributed by atoms with Crippen molar-refractivity contribution in [1.29, 1.82) is 0 Å². The fourth-order valence-electron chi connectivity index (χ4n) is 2.19. The van der Waals surface area contributed by atoms with Gasteiger partial charge in [0, 0.05) is 12.1 Å². The lowest BCUT2D eigenvalue weighted by molar-refractivity contribution is 0.00578. The molecule has 1 aromatic rings. The molecule has 22 heavy (non-hydrogen) atoms. The Balaban J connectivity index is 2.27. The van der Waals surface area contributed by atoms with E-state index >= 15 is 0 Å². The molecule has 0 aliphatic carbocycles. The minimum absolute atomic E-state index is 0.150. The Morgan fingerprint density at radius 2 is 1.86 bits per heavy atom. The summed E-state index contributed by atoms with van der Waals surface area (Å²) >= 11 is 5.67. The van der Waals surface area contributed by atoms with Gasteiger partial charge < -0.3 is 15.0 Å². The molecule has 2 rings (SSSR count).